The Hall–Kier alpha value is -5.45. The number of allylic oxidation sites excluding steroid dienone is 1. The summed E-state index contributed by atoms with van der Waals surface area (Å²) in [5.41, 5.74) is -0.368. The van der Waals surface area contributed by atoms with Crippen molar-refractivity contribution in [1.82, 2.24) is 30.2 Å². The first-order chi connectivity index (χ1) is 28.1. The van der Waals surface area contributed by atoms with E-state index in [-0.39, 0.29) is 37.3 Å². The lowest BCUT2D eigenvalue weighted by atomic mass is 9.88. The van der Waals surface area contributed by atoms with Gasteiger partial charge in [0.25, 0.3) is 5.91 Å². The van der Waals surface area contributed by atoms with Crippen LogP contribution >= 0.6 is 0 Å². The van der Waals surface area contributed by atoms with Gasteiger partial charge in [-0.15, -0.1) is 0 Å². The number of nitrogens with zero attached hydrogens (tertiary/aromatic N) is 3. The molecule has 16 nitrogen and oxygen atoms in total. The van der Waals surface area contributed by atoms with Gasteiger partial charge in [-0.25, -0.2) is 18.2 Å². The maximum Gasteiger partial charge on any atom is 0.405 e. The summed E-state index contributed by atoms with van der Waals surface area (Å²) in [5.74, 6) is -1.19. The second-order valence-electron chi connectivity index (χ2n) is 16.6. The minimum atomic E-state index is -3.94. The van der Waals surface area contributed by atoms with Crippen molar-refractivity contribution in [3.8, 4) is 28.8 Å². The van der Waals surface area contributed by atoms with Gasteiger partial charge in [0.2, 0.25) is 27.7 Å². The molecule has 4 amide bonds. The predicted octanol–water partition coefficient (Wildman–Crippen LogP) is 4.57. The first-order valence-electron chi connectivity index (χ1n) is 20.2. The van der Waals surface area contributed by atoms with Crippen molar-refractivity contribution < 1.29 is 46.9 Å². The van der Waals surface area contributed by atoms with E-state index in [2.05, 4.69) is 15.4 Å². The third kappa shape index (κ3) is 9.24. The lowest BCUT2D eigenvalue weighted by Crippen LogP contribution is -2.59. The molecule has 0 radical (unpaired) electrons. The number of ether oxygens (including phenoxy) is 3. The van der Waals surface area contributed by atoms with Crippen LogP contribution < -0.4 is 29.6 Å². The molecule has 0 bridgehead atoms. The van der Waals surface area contributed by atoms with E-state index in [4.69, 9.17) is 24.2 Å². The molecule has 2 aliphatic carbocycles. The van der Waals surface area contributed by atoms with Crippen molar-refractivity contribution >= 4 is 44.7 Å². The summed E-state index contributed by atoms with van der Waals surface area (Å²) >= 11 is 0. The highest BCUT2D eigenvalue weighted by Gasteiger charge is 2.62. The predicted molar refractivity (Wildman–Crippen MR) is 217 cm³/mol. The number of hydrogen-bond acceptors (Lipinski definition) is 11. The number of benzene rings is 2. The molecular formula is C42H52N6O10S. The Morgan fingerprint density at radius 1 is 1.02 bits per heavy atom. The highest BCUT2D eigenvalue weighted by molar-refractivity contribution is 7.91. The van der Waals surface area contributed by atoms with Crippen LogP contribution in [0.1, 0.15) is 72.6 Å². The fraction of sp³-hybridized carbons (Fsp3) is 0.524. The van der Waals surface area contributed by atoms with Crippen molar-refractivity contribution in [1.29, 1.82) is 0 Å². The van der Waals surface area contributed by atoms with Crippen LogP contribution in [0.4, 0.5) is 4.79 Å². The Labute approximate surface area is 343 Å². The molecule has 1 aromatic heterocycles. The summed E-state index contributed by atoms with van der Waals surface area (Å²) in [5, 5.41) is 15.0. The number of aromatic nitrogens is 2. The van der Waals surface area contributed by atoms with Gasteiger partial charge in [-0.05, 0) is 101 Å². The molecular weight excluding hydrogens is 781 g/mol. The lowest BCUT2D eigenvalue weighted by molar-refractivity contribution is -0.142. The molecule has 4 N–H and O–H groups in total. The molecule has 59 heavy (non-hydrogen) atoms. The zero-order valence-corrected chi connectivity index (χ0v) is 34.7. The average Bonchev–Trinajstić information content (AvgIpc) is 4.11. The van der Waals surface area contributed by atoms with Crippen LogP contribution in [-0.4, -0.2) is 101 Å². The standard InChI is InChI=1S/C42H52N6O10S/c1-23(2)57-28-12-10-26(11-13-28)36-43-33-19-29(56-5)14-17-32(33)38(45-36)58-30-20-34-37(49)46-42(40(51)47-59(54,55)31-15-16-31)21-27(42)9-7-6-8-24(3)18-25(4)35(44-41(52)53)39(50)48(34)22-30/h7,9-14,17,19,23-25,27,30-31,34-35,44H,6,8,15-16,18,20-22H2,1-5H3,(H,46,49)(H,47,51)(H,52,53)/b9-7-/t24-,25+,27?,30+,34-,35-,42?/m0/s1. The maximum absolute atomic E-state index is 14.6. The summed E-state index contributed by atoms with van der Waals surface area (Å²) < 4.78 is 45.9. The zero-order chi connectivity index (χ0) is 42.2. The van der Waals surface area contributed by atoms with E-state index in [9.17, 15) is 32.7 Å². The first kappa shape index (κ1) is 41.7. The Bertz CT molecular complexity index is 2250. The summed E-state index contributed by atoms with van der Waals surface area (Å²) in [6, 6.07) is 10.1. The van der Waals surface area contributed by atoms with Crippen LogP contribution in [0, 0.1) is 17.8 Å². The zero-order valence-electron chi connectivity index (χ0n) is 33.8. The van der Waals surface area contributed by atoms with Gasteiger partial charge in [0.15, 0.2) is 5.82 Å². The number of nitrogens with one attached hydrogen (secondary N) is 3. The molecule has 3 heterocycles. The third-order valence-corrected chi connectivity index (χ3v) is 13.3. The summed E-state index contributed by atoms with van der Waals surface area (Å²) in [7, 11) is -2.39. The van der Waals surface area contributed by atoms with Crippen molar-refractivity contribution in [3.05, 3.63) is 54.6 Å². The number of amides is 4. The number of carbonyl (C=O) groups is 4. The van der Waals surface area contributed by atoms with Crippen LogP contribution in [0.5, 0.6) is 17.4 Å². The van der Waals surface area contributed by atoms with Crippen LogP contribution in [0.15, 0.2) is 54.6 Å². The SMILES string of the molecule is COc1ccc2c(O[C@@H]3C[C@H]4C(=O)NC5(C(=O)NS(=O)(=O)C6CC6)CC5/C=C\CC[C@H](C)C[C@@H](C)[C@H](NC(=O)O)C(=O)N4C3)nc(-c3ccc(OC(C)C)cc3)nc2c1. The molecule has 0 spiro atoms. The van der Waals surface area contributed by atoms with Gasteiger partial charge in [0.05, 0.1) is 35.9 Å². The molecule has 7 atom stereocenters. The average molecular weight is 833 g/mol. The largest absolute Gasteiger partial charge is 0.497 e. The minimum absolute atomic E-state index is 0.0181. The Morgan fingerprint density at radius 3 is 2.42 bits per heavy atom. The van der Waals surface area contributed by atoms with Gasteiger partial charge < -0.3 is 34.9 Å². The van der Waals surface area contributed by atoms with Crippen LogP contribution in [-0.2, 0) is 24.4 Å². The molecule has 7 rings (SSSR count). The summed E-state index contributed by atoms with van der Waals surface area (Å²) in [6.07, 6.45) is 4.45. The van der Waals surface area contributed by atoms with Gasteiger partial charge >= 0.3 is 6.09 Å². The van der Waals surface area contributed by atoms with Gasteiger partial charge in [-0.3, -0.25) is 19.1 Å². The molecule has 2 aliphatic heterocycles. The van der Waals surface area contributed by atoms with Crippen molar-refractivity contribution in [2.24, 2.45) is 17.8 Å². The number of fused-ring (bicyclic) bond motifs is 3. The molecule has 3 fully saturated rings. The second-order valence-corrected chi connectivity index (χ2v) is 18.6. The van der Waals surface area contributed by atoms with Crippen molar-refractivity contribution in [2.75, 3.05) is 13.7 Å². The van der Waals surface area contributed by atoms with E-state index in [1.807, 2.05) is 57.2 Å². The smallest absolute Gasteiger partial charge is 0.405 e. The van der Waals surface area contributed by atoms with E-state index in [1.165, 1.54) is 4.90 Å². The number of hydrogen-bond donors (Lipinski definition) is 4. The van der Waals surface area contributed by atoms with E-state index >= 15 is 0 Å². The van der Waals surface area contributed by atoms with E-state index < -0.39 is 74.7 Å². The van der Waals surface area contributed by atoms with Crippen molar-refractivity contribution in [2.45, 2.75) is 108 Å². The van der Waals surface area contributed by atoms with Crippen LogP contribution in [0.3, 0.4) is 0 Å². The molecule has 4 aliphatic rings. The molecule has 2 aromatic carbocycles. The molecule has 316 valence electrons. The van der Waals surface area contributed by atoms with E-state index in [0.29, 0.717) is 59.5 Å². The van der Waals surface area contributed by atoms with E-state index in [1.54, 1.807) is 32.2 Å². The quantitative estimate of drug-likeness (QED) is 0.207. The number of rotatable bonds is 10. The molecule has 1 saturated heterocycles. The van der Waals surface area contributed by atoms with Crippen LogP contribution in [0.25, 0.3) is 22.3 Å². The maximum atomic E-state index is 14.6. The van der Waals surface area contributed by atoms with Gasteiger partial charge in [-0.2, -0.15) is 4.98 Å². The Kier molecular flexibility index (Phi) is 11.8. The van der Waals surface area contributed by atoms with Crippen LogP contribution in [0.2, 0.25) is 0 Å². The normalized spacial score (nSPS) is 28.0. The van der Waals surface area contributed by atoms with Crippen molar-refractivity contribution in [3.63, 3.8) is 0 Å². The Balaban J connectivity index is 1.24. The molecule has 2 unspecified atom stereocenters. The highest BCUT2D eigenvalue weighted by atomic mass is 32.2. The monoisotopic (exact) mass is 832 g/mol. The lowest BCUT2D eigenvalue weighted by Gasteiger charge is -2.32. The highest BCUT2D eigenvalue weighted by Crippen LogP contribution is 2.46. The number of carboxylic acid groups (broad SMARTS) is 1. The summed E-state index contributed by atoms with van der Waals surface area (Å²) in [6.45, 7) is 7.59. The fourth-order valence-corrected chi connectivity index (χ4v) is 9.53. The number of carbonyl (C=O) groups excluding carboxylic acids is 3. The fourth-order valence-electron chi connectivity index (χ4n) is 8.17. The topological polar surface area (TPSA) is 215 Å². The van der Waals surface area contributed by atoms with Gasteiger partial charge in [-0.1, -0.05) is 26.0 Å². The van der Waals surface area contributed by atoms with Gasteiger partial charge in [0, 0.05) is 24.0 Å². The second kappa shape index (κ2) is 16.7. The Morgan fingerprint density at radius 2 is 1.75 bits per heavy atom. The van der Waals surface area contributed by atoms with Gasteiger partial charge in [0.1, 0.15) is 35.2 Å². The molecule has 2 saturated carbocycles. The molecule has 3 aromatic rings. The number of methoxy groups -OCH3 is 1. The molecule has 17 heteroatoms. The third-order valence-electron chi connectivity index (χ3n) is 11.5. The number of sulfonamides is 1. The first-order valence-corrected chi connectivity index (χ1v) is 21.8. The van der Waals surface area contributed by atoms with E-state index in [0.717, 1.165) is 6.42 Å². The minimum Gasteiger partial charge on any atom is -0.497 e. The summed E-state index contributed by atoms with van der Waals surface area (Å²) in [4.78, 5) is 66.0.